The molecular weight excluding hydrogens is 346 g/mol. The standard InChI is InChI=1S/C25H27NO2/c27-25(23-14-8-3-9-15-23,18-21-10-4-1-5-11-21)24-20-26(16-17-28-24)19-22-12-6-2-7-13-22/h1-15,24,27H,16-20H2. The Balaban J connectivity index is 1.58. The molecule has 2 unspecified atom stereocenters. The highest BCUT2D eigenvalue weighted by atomic mass is 16.5. The average molecular weight is 373 g/mol. The van der Waals surface area contributed by atoms with Crippen LogP contribution in [0, 0.1) is 0 Å². The lowest BCUT2D eigenvalue weighted by Crippen LogP contribution is -2.53. The maximum absolute atomic E-state index is 11.9. The Morgan fingerprint density at radius 3 is 2.04 bits per heavy atom. The molecule has 0 amide bonds. The van der Waals surface area contributed by atoms with E-state index in [0.29, 0.717) is 19.6 Å². The van der Waals surface area contributed by atoms with E-state index < -0.39 is 5.60 Å². The maximum atomic E-state index is 11.9. The normalized spacial score (nSPS) is 19.8. The molecule has 1 fully saturated rings. The zero-order valence-corrected chi connectivity index (χ0v) is 16.1. The first-order chi connectivity index (χ1) is 13.7. The lowest BCUT2D eigenvalue weighted by atomic mass is 9.81. The van der Waals surface area contributed by atoms with Crippen LogP contribution < -0.4 is 0 Å². The Bertz CT molecular complexity index is 853. The second-order valence-electron chi connectivity index (χ2n) is 7.53. The Morgan fingerprint density at radius 2 is 1.39 bits per heavy atom. The highest BCUT2D eigenvalue weighted by Gasteiger charge is 2.42. The zero-order chi connectivity index (χ0) is 19.2. The monoisotopic (exact) mass is 373 g/mol. The van der Waals surface area contributed by atoms with E-state index in [1.54, 1.807) is 0 Å². The van der Waals surface area contributed by atoms with Gasteiger partial charge in [0, 0.05) is 26.1 Å². The smallest absolute Gasteiger partial charge is 0.121 e. The van der Waals surface area contributed by atoms with Crippen molar-refractivity contribution in [3.63, 3.8) is 0 Å². The van der Waals surface area contributed by atoms with Gasteiger partial charge in [0.1, 0.15) is 11.7 Å². The zero-order valence-electron chi connectivity index (χ0n) is 16.1. The van der Waals surface area contributed by atoms with Crippen LogP contribution in [0.25, 0.3) is 0 Å². The van der Waals surface area contributed by atoms with Gasteiger partial charge in [0.2, 0.25) is 0 Å². The summed E-state index contributed by atoms with van der Waals surface area (Å²) in [5.74, 6) is 0. The van der Waals surface area contributed by atoms with Crippen molar-refractivity contribution in [3.8, 4) is 0 Å². The van der Waals surface area contributed by atoms with Crippen molar-refractivity contribution >= 4 is 0 Å². The van der Waals surface area contributed by atoms with Gasteiger partial charge in [-0.15, -0.1) is 0 Å². The topological polar surface area (TPSA) is 32.7 Å². The molecule has 1 saturated heterocycles. The summed E-state index contributed by atoms with van der Waals surface area (Å²) in [6.07, 6.45) is 0.245. The molecule has 0 bridgehead atoms. The highest BCUT2D eigenvalue weighted by Crippen LogP contribution is 2.33. The fourth-order valence-corrected chi connectivity index (χ4v) is 4.01. The molecule has 0 aromatic heterocycles. The first-order valence-corrected chi connectivity index (χ1v) is 9.94. The molecule has 3 aromatic rings. The van der Waals surface area contributed by atoms with Crippen molar-refractivity contribution in [2.75, 3.05) is 19.7 Å². The lowest BCUT2D eigenvalue weighted by molar-refractivity contribution is -0.149. The molecule has 1 aliphatic rings. The molecule has 3 nitrogen and oxygen atoms in total. The summed E-state index contributed by atoms with van der Waals surface area (Å²) in [6, 6.07) is 30.6. The highest BCUT2D eigenvalue weighted by molar-refractivity contribution is 5.29. The van der Waals surface area contributed by atoms with Gasteiger partial charge in [-0.25, -0.2) is 0 Å². The van der Waals surface area contributed by atoms with Crippen LogP contribution in [0.15, 0.2) is 91.0 Å². The van der Waals surface area contributed by atoms with Gasteiger partial charge in [0.15, 0.2) is 0 Å². The number of hydrogen-bond donors (Lipinski definition) is 1. The number of aliphatic hydroxyl groups is 1. The van der Waals surface area contributed by atoms with Crippen LogP contribution in [-0.2, 0) is 23.3 Å². The predicted molar refractivity (Wildman–Crippen MR) is 112 cm³/mol. The van der Waals surface area contributed by atoms with Crippen molar-refractivity contribution in [2.24, 2.45) is 0 Å². The Morgan fingerprint density at radius 1 is 0.821 bits per heavy atom. The molecule has 1 N–H and O–H groups in total. The molecule has 1 aliphatic heterocycles. The SMILES string of the molecule is OC(Cc1ccccc1)(c1ccccc1)C1CN(Cc2ccccc2)CCO1. The van der Waals surface area contributed by atoms with Crippen molar-refractivity contribution in [3.05, 3.63) is 108 Å². The van der Waals surface area contributed by atoms with Gasteiger partial charge < -0.3 is 9.84 Å². The molecule has 0 radical (unpaired) electrons. The minimum Gasteiger partial charge on any atom is -0.382 e. The predicted octanol–water partition coefficient (Wildman–Crippen LogP) is 4.02. The molecule has 1 heterocycles. The van der Waals surface area contributed by atoms with E-state index >= 15 is 0 Å². The molecular formula is C25H27NO2. The number of morpholine rings is 1. The summed E-state index contributed by atoms with van der Waals surface area (Å²) in [7, 11) is 0. The summed E-state index contributed by atoms with van der Waals surface area (Å²) < 4.78 is 6.15. The number of benzene rings is 3. The van der Waals surface area contributed by atoms with Crippen molar-refractivity contribution in [1.29, 1.82) is 0 Å². The summed E-state index contributed by atoms with van der Waals surface area (Å²) in [5, 5.41) is 11.9. The third-order valence-corrected chi connectivity index (χ3v) is 5.52. The van der Waals surface area contributed by atoms with E-state index in [4.69, 9.17) is 4.74 Å². The van der Waals surface area contributed by atoms with Crippen molar-refractivity contribution in [1.82, 2.24) is 4.90 Å². The molecule has 0 saturated carbocycles. The quantitative estimate of drug-likeness (QED) is 0.708. The second-order valence-corrected chi connectivity index (χ2v) is 7.53. The van der Waals surface area contributed by atoms with E-state index in [0.717, 1.165) is 24.2 Å². The van der Waals surface area contributed by atoms with Crippen LogP contribution in [0.4, 0.5) is 0 Å². The van der Waals surface area contributed by atoms with Gasteiger partial charge in [-0.1, -0.05) is 91.0 Å². The fourth-order valence-electron chi connectivity index (χ4n) is 4.01. The largest absolute Gasteiger partial charge is 0.382 e. The van der Waals surface area contributed by atoms with E-state index in [1.807, 2.05) is 54.6 Å². The van der Waals surface area contributed by atoms with Gasteiger partial charge in [-0.3, -0.25) is 4.90 Å². The Kier molecular flexibility index (Phi) is 5.87. The van der Waals surface area contributed by atoms with E-state index in [1.165, 1.54) is 5.56 Å². The Hall–Kier alpha value is -2.46. The van der Waals surface area contributed by atoms with Gasteiger partial charge in [0.25, 0.3) is 0 Å². The number of rotatable bonds is 6. The summed E-state index contributed by atoms with van der Waals surface area (Å²) in [6.45, 7) is 3.08. The molecule has 0 spiro atoms. The minimum absolute atomic E-state index is 0.285. The molecule has 2 atom stereocenters. The van der Waals surface area contributed by atoms with Crippen LogP contribution >= 0.6 is 0 Å². The third kappa shape index (κ3) is 4.33. The Labute approximate surface area is 167 Å². The number of hydrogen-bond acceptors (Lipinski definition) is 3. The van der Waals surface area contributed by atoms with E-state index in [2.05, 4.69) is 41.3 Å². The number of ether oxygens (including phenoxy) is 1. The summed E-state index contributed by atoms with van der Waals surface area (Å²) in [5.41, 5.74) is 2.23. The molecule has 4 rings (SSSR count). The lowest BCUT2D eigenvalue weighted by Gasteiger charge is -2.42. The van der Waals surface area contributed by atoms with Gasteiger partial charge >= 0.3 is 0 Å². The van der Waals surface area contributed by atoms with Crippen LogP contribution in [0.3, 0.4) is 0 Å². The van der Waals surface area contributed by atoms with Crippen molar-refractivity contribution in [2.45, 2.75) is 24.7 Å². The van der Waals surface area contributed by atoms with Crippen LogP contribution in [0.2, 0.25) is 0 Å². The molecule has 144 valence electrons. The first-order valence-electron chi connectivity index (χ1n) is 9.94. The second kappa shape index (κ2) is 8.70. The fraction of sp³-hybridized carbons (Fsp3) is 0.280. The summed E-state index contributed by atoms with van der Waals surface area (Å²) in [4.78, 5) is 2.38. The van der Waals surface area contributed by atoms with Gasteiger partial charge in [-0.2, -0.15) is 0 Å². The van der Waals surface area contributed by atoms with E-state index in [9.17, 15) is 5.11 Å². The molecule has 0 aliphatic carbocycles. The molecule has 28 heavy (non-hydrogen) atoms. The van der Waals surface area contributed by atoms with Crippen LogP contribution in [-0.4, -0.2) is 35.8 Å². The van der Waals surface area contributed by atoms with Gasteiger partial charge in [-0.05, 0) is 16.7 Å². The number of nitrogens with zero attached hydrogens (tertiary/aromatic N) is 1. The molecule has 3 heteroatoms. The molecule has 3 aromatic carbocycles. The van der Waals surface area contributed by atoms with Crippen LogP contribution in [0.5, 0.6) is 0 Å². The van der Waals surface area contributed by atoms with Gasteiger partial charge in [0.05, 0.1) is 6.61 Å². The maximum Gasteiger partial charge on any atom is 0.121 e. The summed E-state index contributed by atoms with van der Waals surface area (Å²) >= 11 is 0. The van der Waals surface area contributed by atoms with Crippen molar-refractivity contribution < 1.29 is 9.84 Å². The van der Waals surface area contributed by atoms with E-state index in [-0.39, 0.29) is 6.10 Å². The minimum atomic E-state index is -1.07. The first kappa shape index (κ1) is 18.9. The average Bonchev–Trinajstić information content (AvgIpc) is 2.76. The van der Waals surface area contributed by atoms with Crippen LogP contribution in [0.1, 0.15) is 16.7 Å². The third-order valence-electron chi connectivity index (χ3n) is 5.52.